The van der Waals surface area contributed by atoms with Crippen LogP contribution < -0.4 is 5.32 Å². The van der Waals surface area contributed by atoms with Crippen molar-refractivity contribution in [1.29, 1.82) is 0 Å². The SMILES string of the molecule is CC/C=C\C/C=C\C/C=C\C/C=C\C/C=C\CCCCCCCCCCCCCCCCCCCCCC(=O)NC(COP(=O)(O)OCC[N+](C)(C)C)C(O)CCCCCCCCCCCCCCCCCCCCCCCCCCCC. The maximum absolute atomic E-state index is 13.1. The lowest BCUT2D eigenvalue weighted by Gasteiger charge is -2.26. The Bertz CT molecular complexity index is 1540. The molecule has 3 unspecified atom stereocenters. The molecule has 0 aliphatic heterocycles. The second-order valence-electron chi connectivity index (χ2n) is 25.9. The van der Waals surface area contributed by atoms with E-state index in [-0.39, 0.29) is 19.1 Å². The van der Waals surface area contributed by atoms with E-state index in [0.717, 1.165) is 70.6 Å². The van der Waals surface area contributed by atoms with Crippen molar-refractivity contribution in [2.75, 3.05) is 40.9 Å². The van der Waals surface area contributed by atoms with Crippen molar-refractivity contribution < 1.29 is 32.9 Å². The lowest BCUT2D eigenvalue weighted by atomic mass is 10.0. The third kappa shape index (κ3) is 67.6. The number of nitrogens with zero attached hydrogens (tertiary/aromatic N) is 1. The molecule has 0 aliphatic carbocycles. The first-order chi connectivity index (χ1) is 40.5. The van der Waals surface area contributed by atoms with Crippen LogP contribution in [0.25, 0.3) is 0 Å². The minimum atomic E-state index is -4.33. The van der Waals surface area contributed by atoms with Gasteiger partial charge in [0.2, 0.25) is 5.91 Å². The van der Waals surface area contributed by atoms with E-state index in [1.165, 1.54) is 257 Å². The summed E-state index contributed by atoms with van der Waals surface area (Å²) in [4.78, 5) is 23.5. The number of carbonyl (C=O) groups excluding carboxylic acids is 1. The Morgan fingerprint density at radius 1 is 0.422 bits per heavy atom. The Labute approximate surface area is 517 Å². The van der Waals surface area contributed by atoms with E-state index in [1.54, 1.807) is 0 Å². The predicted octanol–water partition coefficient (Wildman–Crippen LogP) is 23.2. The lowest BCUT2D eigenvalue weighted by molar-refractivity contribution is -0.870. The van der Waals surface area contributed by atoms with Gasteiger partial charge in [0.25, 0.3) is 0 Å². The summed E-state index contributed by atoms with van der Waals surface area (Å²) in [6, 6.07) is -0.763. The average Bonchev–Trinajstić information content (AvgIpc) is 3.49. The average molecular weight is 1190 g/mol. The fourth-order valence-corrected chi connectivity index (χ4v) is 11.7. The number of amides is 1. The standard InChI is InChI=1S/C74H141N2O6P/c1-6-8-10-12-14-16-18-20-22-24-26-28-30-32-34-35-36-37-38-39-40-41-42-44-46-48-50-52-54-56-58-60-62-64-66-68-74(78)75-72(71-82-83(79,80)81-70-69-76(3,4)5)73(77)67-65-63-61-59-57-55-53-51-49-47-45-43-33-31-29-27-25-23-21-19-17-15-13-11-9-7-2/h8,10,14,16,20,22,26,28,32,34,72-73,77H,6-7,9,11-13,15,17-19,21,23-25,27,29-31,33,35-71H2,1-5H3,(H-,75,78,79,80)/p+1/b10-8-,16-14-,22-20-,28-26-,34-32-. The molecule has 9 heteroatoms. The number of phosphoric acid groups is 1. The second-order valence-corrected chi connectivity index (χ2v) is 27.4. The molecule has 8 nitrogen and oxygen atoms in total. The molecule has 0 spiro atoms. The number of likely N-dealkylation sites (N-methyl/N-ethyl adjacent to an activating group) is 1. The number of aliphatic hydroxyl groups is 1. The molecule has 0 saturated carbocycles. The van der Waals surface area contributed by atoms with Gasteiger partial charge in [-0.05, 0) is 57.8 Å². The molecule has 1 amide bonds. The van der Waals surface area contributed by atoms with Gasteiger partial charge in [0.1, 0.15) is 13.2 Å². The first-order valence-corrected chi connectivity index (χ1v) is 37.6. The number of carbonyl (C=O) groups is 1. The van der Waals surface area contributed by atoms with Gasteiger partial charge >= 0.3 is 7.82 Å². The summed E-state index contributed by atoms with van der Waals surface area (Å²) < 4.78 is 23.9. The zero-order valence-corrected chi connectivity index (χ0v) is 56.8. The van der Waals surface area contributed by atoms with Gasteiger partial charge in [-0.15, -0.1) is 0 Å². The second kappa shape index (κ2) is 64.7. The van der Waals surface area contributed by atoms with Crippen LogP contribution in [0, 0.1) is 0 Å². The lowest BCUT2D eigenvalue weighted by Crippen LogP contribution is -2.46. The number of phosphoric ester groups is 1. The van der Waals surface area contributed by atoms with Crippen LogP contribution in [-0.4, -0.2) is 73.4 Å². The first kappa shape index (κ1) is 81.2. The molecule has 0 bridgehead atoms. The molecule has 0 aromatic heterocycles. The third-order valence-corrected chi connectivity index (χ3v) is 17.5. The first-order valence-electron chi connectivity index (χ1n) is 36.2. The van der Waals surface area contributed by atoms with Crippen LogP contribution in [0.15, 0.2) is 60.8 Å². The molecule has 0 radical (unpaired) electrons. The number of hydrogen-bond donors (Lipinski definition) is 3. The van der Waals surface area contributed by atoms with Crippen LogP contribution in [0.1, 0.15) is 354 Å². The molecular weight excluding hydrogens is 1040 g/mol. The quantitative estimate of drug-likeness (QED) is 0.0243. The van der Waals surface area contributed by atoms with Crippen LogP contribution in [0.5, 0.6) is 0 Å². The van der Waals surface area contributed by atoms with E-state index in [9.17, 15) is 19.4 Å². The number of unbranched alkanes of at least 4 members (excludes halogenated alkanes) is 44. The van der Waals surface area contributed by atoms with Crippen LogP contribution >= 0.6 is 7.82 Å². The molecule has 0 rings (SSSR count). The van der Waals surface area contributed by atoms with Crippen molar-refractivity contribution in [3.8, 4) is 0 Å². The fourth-order valence-electron chi connectivity index (χ4n) is 11.0. The van der Waals surface area contributed by atoms with Gasteiger partial charge in [-0.3, -0.25) is 13.8 Å². The number of hydrogen-bond acceptors (Lipinski definition) is 5. The monoisotopic (exact) mass is 1190 g/mol. The summed E-state index contributed by atoms with van der Waals surface area (Å²) in [7, 11) is 1.63. The Hall–Kier alpha value is -1.80. The van der Waals surface area contributed by atoms with Gasteiger partial charge in [-0.2, -0.15) is 0 Å². The van der Waals surface area contributed by atoms with Crippen LogP contribution in [-0.2, 0) is 18.4 Å². The molecule has 83 heavy (non-hydrogen) atoms. The van der Waals surface area contributed by atoms with Crippen molar-refractivity contribution in [2.24, 2.45) is 0 Å². The van der Waals surface area contributed by atoms with Crippen molar-refractivity contribution in [1.82, 2.24) is 5.32 Å². The van der Waals surface area contributed by atoms with E-state index in [4.69, 9.17) is 9.05 Å². The maximum atomic E-state index is 13.1. The Morgan fingerprint density at radius 2 is 0.723 bits per heavy atom. The summed E-state index contributed by atoms with van der Waals surface area (Å²) in [6.07, 6.45) is 89.0. The Kier molecular flexibility index (Phi) is 63.3. The number of allylic oxidation sites excluding steroid dienone is 10. The van der Waals surface area contributed by atoms with Gasteiger partial charge in [-0.25, -0.2) is 4.57 Å². The molecule has 3 N–H and O–H groups in total. The largest absolute Gasteiger partial charge is 0.472 e. The highest BCUT2D eigenvalue weighted by atomic mass is 31.2. The highest BCUT2D eigenvalue weighted by Gasteiger charge is 2.28. The number of nitrogens with one attached hydrogen (secondary N) is 1. The molecule has 0 heterocycles. The van der Waals surface area contributed by atoms with Crippen LogP contribution in [0.4, 0.5) is 0 Å². The van der Waals surface area contributed by atoms with Crippen molar-refractivity contribution >= 4 is 13.7 Å². The van der Waals surface area contributed by atoms with Crippen molar-refractivity contribution in [3.63, 3.8) is 0 Å². The summed E-state index contributed by atoms with van der Waals surface area (Å²) in [5.41, 5.74) is 0. The van der Waals surface area contributed by atoms with E-state index < -0.39 is 20.0 Å². The normalized spacial score (nSPS) is 14.0. The Balaban J connectivity index is 3.98. The van der Waals surface area contributed by atoms with Gasteiger partial charge < -0.3 is 19.8 Å². The highest BCUT2D eigenvalue weighted by molar-refractivity contribution is 7.47. The molecule has 0 aromatic carbocycles. The number of rotatable bonds is 67. The molecular formula is C74H142N2O6P+. The molecule has 0 saturated heterocycles. The third-order valence-electron chi connectivity index (χ3n) is 16.5. The molecule has 3 atom stereocenters. The van der Waals surface area contributed by atoms with Crippen molar-refractivity contribution in [2.45, 2.75) is 366 Å². The van der Waals surface area contributed by atoms with E-state index >= 15 is 0 Å². The summed E-state index contributed by atoms with van der Waals surface area (Å²) in [5, 5.41) is 14.2. The van der Waals surface area contributed by atoms with Gasteiger partial charge in [-0.1, -0.05) is 351 Å². The smallest absolute Gasteiger partial charge is 0.391 e. The zero-order chi connectivity index (χ0) is 60.5. The van der Waals surface area contributed by atoms with E-state index in [2.05, 4.69) is 79.9 Å². The summed E-state index contributed by atoms with van der Waals surface area (Å²) >= 11 is 0. The van der Waals surface area contributed by atoms with Gasteiger partial charge in [0, 0.05) is 6.42 Å². The Morgan fingerprint density at radius 3 is 1.06 bits per heavy atom. The van der Waals surface area contributed by atoms with Crippen molar-refractivity contribution in [3.05, 3.63) is 60.8 Å². The topological polar surface area (TPSA) is 105 Å². The minimum absolute atomic E-state index is 0.0756. The molecule has 0 aromatic rings. The van der Waals surface area contributed by atoms with Gasteiger partial charge in [0.05, 0.1) is 39.9 Å². The summed E-state index contributed by atoms with van der Waals surface area (Å²) in [5.74, 6) is -0.138. The van der Waals surface area contributed by atoms with E-state index in [1.807, 2.05) is 21.1 Å². The van der Waals surface area contributed by atoms with Gasteiger partial charge in [0.15, 0.2) is 0 Å². The molecule has 0 aliphatic rings. The number of quaternary nitrogens is 1. The number of aliphatic hydroxyl groups excluding tert-OH is 1. The van der Waals surface area contributed by atoms with Crippen LogP contribution in [0.3, 0.4) is 0 Å². The van der Waals surface area contributed by atoms with E-state index in [0.29, 0.717) is 23.9 Å². The van der Waals surface area contributed by atoms with Crippen LogP contribution in [0.2, 0.25) is 0 Å². The zero-order valence-electron chi connectivity index (χ0n) is 55.9. The maximum Gasteiger partial charge on any atom is 0.472 e. The summed E-state index contributed by atoms with van der Waals surface area (Å²) in [6.45, 7) is 4.83. The molecule has 0 fully saturated rings. The highest BCUT2D eigenvalue weighted by Crippen LogP contribution is 2.43. The fraction of sp³-hybridized carbons (Fsp3) is 0.851. The minimum Gasteiger partial charge on any atom is -0.391 e. The molecule has 488 valence electrons. The predicted molar refractivity (Wildman–Crippen MR) is 364 cm³/mol.